The highest BCUT2D eigenvalue weighted by molar-refractivity contribution is 5.56. The van der Waals surface area contributed by atoms with Crippen LogP contribution in [0.3, 0.4) is 0 Å². The summed E-state index contributed by atoms with van der Waals surface area (Å²) in [5, 5.41) is 3.40. The van der Waals surface area contributed by atoms with Crippen molar-refractivity contribution in [2.24, 2.45) is 5.92 Å². The lowest BCUT2D eigenvalue weighted by Gasteiger charge is -2.30. The Balaban J connectivity index is 1.55. The molecule has 122 valence electrons. The zero-order chi connectivity index (χ0) is 15.4. The average Bonchev–Trinajstić information content (AvgIpc) is 2.55. The number of rotatable bonds is 4. The minimum atomic E-state index is -0.143. The summed E-state index contributed by atoms with van der Waals surface area (Å²) in [6.07, 6.45) is 2.44. The molecule has 0 atom stereocenters. The van der Waals surface area contributed by atoms with Crippen LogP contribution >= 0.6 is 0 Å². The number of benzene rings is 1. The Morgan fingerprint density at radius 3 is 2.59 bits per heavy atom. The number of hydrogen-bond donors (Lipinski definition) is 1. The van der Waals surface area contributed by atoms with Crippen molar-refractivity contribution in [1.29, 1.82) is 0 Å². The van der Waals surface area contributed by atoms with Crippen LogP contribution in [0.15, 0.2) is 18.2 Å². The highest BCUT2D eigenvalue weighted by Crippen LogP contribution is 2.24. The van der Waals surface area contributed by atoms with Gasteiger partial charge in [0.15, 0.2) is 0 Å². The highest BCUT2D eigenvalue weighted by atomic mass is 19.1. The second-order valence-corrected chi connectivity index (χ2v) is 6.39. The molecule has 5 heteroatoms. The molecule has 22 heavy (non-hydrogen) atoms. The van der Waals surface area contributed by atoms with Gasteiger partial charge in [-0.05, 0) is 57.1 Å². The monoisotopic (exact) mass is 307 g/mol. The van der Waals surface area contributed by atoms with E-state index in [1.54, 1.807) is 6.07 Å². The van der Waals surface area contributed by atoms with Gasteiger partial charge >= 0.3 is 0 Å². The van der Waals surface area contributed by atoms with Crippen LogP contribution in [-0.2, 0) is 4.74 Å². The Morgan fingerprint density at radius 2 is 1.91 bits per heavy atom. The van der Waals surface area contributed by atoms with E-state index in [0.29, 0.717) is 24.8 Å². The zero-order valence-corrected chi connectivity index (χ0v) is 13.4. The molecule has 0 unspecified atom stereocenters. The minimum absolute atomic E-state index is 0.143. The van der Waals surface area contributed by atoms with Gasteiger partial charge in [-0.15, -0.1) is 0 Å². The number of piperidine rings is 1. The number of hydrogen-bond acceptors (Lipinski definition) is 4. The summed E-state index contributed by atoms with van der Waals surface area (Å²) in [6, 6.07) is 5.50. The van der Waals surface area contributed by atoms with Crippen molar-refractivity contribution in [2.45, 2.75) is 12.8 Å². The first-order valence-corrected chi connectivity index (χ1v) is 8.27. The number of morpholine rings is 1. The van der Waals surface area contributed by atoms with Crippen molar-refractivity contribution < 1.29 is 9.13 Å². The molecule has 3 rings (SSSR count). The molecule has 1 aromatic carbocycles. The maximum Gasteiger partial charge on any atom is 0.148 e. The molecule has 1 aromatic rings. The van der Waals surface area contributed by atoms with Crippen LogP contribution in [0.25, 0.3) is 0 Å². The molecule has 2 aliphatic rings. The molecule has 0 aromatic heterocycles. The van der Waals surface area contributed by atoms with Crippen molar-refractivity contribution in [3.63, 3.8) is 0 Å². The fourth-order valence-corrected chi connectivity index (χ4v) is 3.21. The summed E-state index contributed by atoms with van der Waals surface area (Å²) in [5.41, 5.74) is 1.57. The zero-order valence-electron chi connectivity index (χ0n) is 13.4. The smallest absolute Gasteiger partial charge is 0.148 e. The van der Waals surface area contributed by atoms with Crippen LogP contribution in [0, 0.1) is 11.7 Å². The Bertz CT molecular complexity index is 483. The van der Waals surface area contributed by atoms with Gasteiger partial charge in [0.05, 0.1) is 18.9 Å². The Hall–Kier alpha value is -1.33. The number of halogens is 1. The lowest BCUT2D eigenvalue weighted by atomic mass is 9.97. The molecule has 2 heterocycles. The van der Waals surface area contributed by atoms with E-state index in [9.17, 15) is 4.39 Å². The Kier molecular flexibility index (Phi) is 5.16. The van der Waals surface area contributed by atoms with Gasteiger partial charge in [0.25, 0.3) is 0 Å². The molecule has 0 aliphatic carbocycles. The van der Waals surface area contributed by atoms with Gasteiger partial charge in [-0.25, -0.2) is 4.39 Å². The van der Waals surface area contributed by atoms with Crippen molar-refractivity contribution in [2.75, 3.05) is 63.2 Å². The van der Waals surface area contributed by atoms with E-state index in [1.165, 1.54) is 12.8 Å². The standard InChI is InChI=1S/C17H26FN3O/c1-20-6-4-14(5-7-20)13-19-15-2-3-17(16(18)12-15)21-8-10-22-11-9-21/h2-3,12,14,19H,4-11,13H2,1H3. The minimum Gasteiger partial charge on any atom is -0.385 e. The highest BCUT2D eigenvalue weighted by Gasteiger charge is 2.17. The number of nitrogens with zero attached hydrogens (tertiary/aromatic N) is 2. The van der Waals surface area contributed by atoms with Gasteiger partial charge in [0.2, 0.25) is 0 Å². The van der Waals surface area contributed by atoms with E-state index in [2.05, 4.69) is 22.2 Å². The van der Waals surface area contributed by atoms with Crippen LogP contribution < -0.4 is 10.2 Å². The van der Waals surface area contributed by atoms with Gasteiger partial charge in [0.1, 0.15) is 5.82 Å². The molecule has 0 amide bonds. The lowest BCUT2D eigenvalue weighted by molar-refractivity contribution is 0.122. The first kappa shape index (κ1) is 15.6. The van der Waals surface area contributed by atoms with Gasteiger partial charge in [-0.1, -0.05) is 0 Å². The second-order valence-electron chi connectivity index (χ2n) is 6.39. The average molecular weight is 307 g/mol. The maximum atomic E-state index is 14.3. The molecule has 4 nitrogen and oxygen atoms in total. The third kappa shape index (κ3) is 3.90. The Labute approximate surface area is 132 Å². The number of ether oxygens (including phenoxy) is 1. The molecule has 0 saturated carbocycles. The van der Waals surface area contributed by atoms with Gasteiger partial charge < -0.3 is 19.9 Å². The quantitative estimate of drug-likeness (QED) is 0.924. The molecule has 2 fully saturated rings. The maximum absolute atomic E-state index is 14.3. The largest absolute Gasteiger partial charge is 0.385 e. The van der Waals surface area contributed by atoms with Crippen molar-refractivity contribution in [3.05, 3.63) is 24.0 Å². The third-order valence-electron chi connectivity index (χ3n) is 4.73. The van der Waals surface area contributed by atoms with E-state index >= 15 is 0 Å². The summed E-state index contributed by atoms with van der Waals surface area (Å²) < 4.78 is 19.6. The molecule has 1 N–H and O–H groups in total. The van der Waals surface area contributed by atoms with Gasteiger partial charge in [-0.2, -0.15) is 0 Å². The normalized spacial score (nSPS) is 21.1. The van der Waals surface area contributed by atoms with Crippen LogP contribution in [-0.4, -0.2) is 57.9 Å². The van der Waals surface area contributed by atoms with Crippen molar-refractivity contribution in [3.8, 4) is 0 Å². The molecule has 2 aliphatic heterocycles. The Morgan fingerprint density at radius 1 is 1.18 bits per heavy atom. The predicted molar refractivity (Wildman–Crippen MR) is 88.1 cm³/mol. The van der Waals surface area contributed by atoms with E-state index in [-0.39, 0.29) is 5.82 Å². The molecular formula is C17H26FN3O. The summed E-state index contributed by atoms with van der Waals surface area (Å²) in [6.45, 7) is 6.14. The third-order valence-corrected chi connectivity index (χ3v) is 4.73. The fourth-order valence-electron chi connectivity index (χ4n) is 3.21. The van der Waals surface area contributed by atoms with Crippen LogP contribution in [0.5, 0.6) is 0 Å². The van der Waals surface area contributed by atoms with E-state index in [0.717, 1.165) is 38.4 Å². The summed E-state index contributed by atoms with van der Waals surface area (Å²) in [5.74, 6) is 0.549. The lowest BCUT2D eigenvalue weighted by Crippen LogP contribution is -2.36. The number of nitrogens with one attached hydrogen (secondary N) is 1. The predicted octanol–water partition coefficient (Wildman–Crippen LogP) is 2.42. The van der Waals surface area contributed by atoms with E-state index in [1.807, 2.05) is 12.1 Å². The van der Waals surface area contributed by atoms with Crippen molar-refractivity contribution >= 4 is 11.4 Å². The van der Waals surface area contributed by atoms with E-state index in [4.69, 9.17) is 4.74 Å². The summed E-state index contributed by atoms with van der Waals surface area (Å²) in [7, 11) is 2.17. The topological polar surface area (TPSA) is 27.7 Å². The first-order valence-electron chi connectivity index (χ1n) is 8.27. The van der Waals surface area contributed by atoms with Gasteiger partial charge in [0, 0.05) is 25.3 Å². The molecule has 2 saturated heterocycles. The summed E-state index contributed by atoms with van der Waals surface area (Å²) in [4.78, 5) is 4.42. The molecule has 0 bridgehead atoms. The SMILES string of the molecule is CN1CCC(CNc2ccc(N3CCOCC3)c(F)c2)CC1. The van der Waals surface area contributed by atoms with Crippen molar-refractivity contribution in [1.82, 2.24) is 4.90 Å². The van der Waals surface area contributed by atoms with E-state index < -0.39 is 0 Å². The second kappa shape index (κ2) is 7.29. The van der Waals surface area contributed by atoms with Gasteiger partial charge in [-0.3, -0.25) is 0 Å². The fraction of sp³-hybridized carbons (Fsp3) is 0.647. The van der Waals surface area contributed by atoms with Crippen LogP contribution in [0.1, 0.15) is 12.8 Å². The van der Waals surface area contributed by atoms with Crippen LogP contribution in [0.4, 0.5) is 15.8 Å². The molecule has 0 spiro atoms. The molecule has 0 radical (unpaired) electrons. The number of likely N-dealkylation sites (tertiary alicyclic amines) is 1. The van der Waals surface area contributed by atoms with Crippen LogP contribution in [0.2, 0.25) is 0 Å². The molecular weight excluding hydrogens is 281 g/mol. The number of anilines is 2. The summed E-state index contributed by atoms with van der Waals surface area (Å²) >= 11 is 0. The first-order chi connectivity index (χ1) is 10.7.